The van der Waals surface area contributed by atoms with Crippen molar-refractivity contribution in [3.63, 3.8) is 0 Å². The Kier molecular flexibility index (Phi) is 9.04. The fourth-order valence-corrected chi connectivity index (χ4v) is 2.75. The van der Waals surface area contributed by atoms with E-state index in [2.05, 4.69) is 5.32 Å². The van der Waals surface area contributed by atoms with Gasteiger partial charge in [0.05, 0.1) is 20.5 Å². The topological polar surface area (TPSA) is 122 Å². The lowest BCUT2D eigenvalue weighted by Crippen LogP contribution is -2.26. The van der Waals surface area contributed by atoms with Crippen LogP contribution in [0.3, 0.4) is 0 Å². The second kappa shape index (κ2) is 10.4. The van der Waals surface area contributed by atoms with Crippen LogP contribution in [-0.2, 0) is 10.7 Å². The number of anilines is 1. The summed E-state index contributed by atoms with van der Waals surface area (Å²) in [6, 6.07) is 5.27. The molecule has 2 rings (SSSR count). The van der Waals surface area contributed by atoms with E-state index < -0.39 is 30.5 Å². The highest BCUT2D eigenvalue weighted by atomic mass is 35.5. The number of ether oxygens (including phenoxy) is 1. The van der Waals surface area contributed by atoms with E-state index in [9.17, 15) is 23.3 Å². The summed E-state index contributed by atoms with van der Waals surface area (Å²) in [4.78, 5) is 24.9. The van der Waals surface area contributed by atoms with Crippen LogP contribution in [0.2, 0.25) is 10.0 Å². The van der Waals surface area contributed by atoms with Crippen molar-refractivity contribution in [3.8, 4) is 11.5 Å². The molecular formula is C17H17Cl2F3N2O6P+. The lowest BCUT2D eigenvalue weighted by atomic mass is 10.1. The van der Waals surface area contributed by atoms with Gasteiger partial charge in [0.15, 0.2) is 5.75 Å². The number of nitro groups is 1. The van der Waals surface area contributed by atoms with Crippen molar-refractivity contribution < 1.29 is 37.2 Å². The Hall–Kier alpha value is -2.17. The third-order valence-electron chi connectivity index (χ3n) is 3.22. The fourth-order valence-electron chi connectivity index (χ4n) is 2.18. The van der Waals surface area contributed by atoms with Crippen LogP contribution < -0.4 is 10.1 Å². The molecule has 0 amide bonds. The van der Waals surface area contributed by atoms with Gasteiger partial charge in [0, 0.05) is 22.2 Å². The first-order valence-corrected chi connectivity index (χ1v) is 10.1. The van der Waals surface area contributed by atoms with E-state index in [0.29, 0.717) is 12.1 Å². The molecule has 0 aromatic heterocycles. The van der Waals surface area contributed by atoms with E-state index in [-0.39, 0.29) is 32.9 Å². The number of nitrogens with zero attached hydrogens (tertiary/aromatic N) is 1. The predicted octanol–water partition coefficient (Wildman–Crippen LogP) is 6.55. The number of nitro benzene ring substituents is 1. The van der Waals surface area contributed by atoms with E-state index >= 15 is 0 Å². The van der Waals surface area contributed by atoms with Crippen LogP contribution in [0.15, 0.2) is 30.3 Å². The third kappa shape index (κ3) is 8.84. The van der Waals surface area contributed by atoms with Gasteiger partial charge in [-0.25, -0.2) is 0 Å². The van der Waals surface area contributed by atoms with Crippen molar-refractivity contribution in [3.05, 3.63) is 56.1 Å². The Morgan fingerprint density at radius 2 is 1.58 bits per heavy atom. The minimum Gasteiger partial charge on any atom is -0.454 e. The molecule has 8 nitrogen and oxygen atoms in total. The first kappa shape index (κ1) is 26.9. The number of benzene rings is 2. The molecule has 14 heteroatoms. The number of nitrogens with one attached hydrogen (secondary N) is 1. The van der Waals surface area contributed by atoms with Crippen LogP contribution in [0.4, 0.5) is 24.5 Å². The monoisotopic (exact) mass is 503 g/mol. The van der Waals surface area contributed by atoms with E-state index in [4.69, 9.17) is 42.3 Å². The quantitative estimate of drug-likeness (QED) is 0.245. The van der Waals surface area contributed by atoms with E-state index in [1.165, 1.54) is 18.2 Å². The Bertz CT molecular complexity index is 956. The number of rotatable bonds is 4. The molecule has 0 aliphatic carbocycles. The molecule has 0 aliphatic rings. The maximum absolute atomic E-state index is 12.8. The van der Waals surface area contributed by atoms with Crippen molar-refractivity contribution in [1.82, 2.24) is 0 Å². The van der Waals surface area contributed by atoms with Crippen LogP contribution >= 0.6 is 31.5 Å². The highest BCUT2D eigenvalue weighted by molar-refractivity contribution is 7.30. The first-order valence-electron chi connectivity index (χ1n) is 8.17. The SMILES string of the molecule is CC(C)(C)Nc1cc(Oc2c(Cl)cc(C(F)(F)F)cc2Cl)ccc1[N+](=O)[O-].O=[P+](O)O. The van der Waals surface area contributed by atoms with Crippen LogP contribution in [0.25, 0.3) is 0 Å². The van der Waals surface area contributed by atoms with Crippen molar-refractivity contribution in [1.29, 1.82) is 0 Å². The largest absolute Gasteiger partial charge is 0.692 e. The van der Waals surface area contributed by atoms with Crippen molar-refractivity contribution >= 4 is 42.8 Å². The summed E-state index contributed by atoms with van der Waals surface area (Å²) in [5, 5.41) is 13.5. The molecule has 0 bridgehead atoms. The van der Waals surface area contributed by atoms with Gasteiger partial charge < -0.3 is 10.1 Å². The predicted molar refractivity (Wildman–Crippen MR) is 110 cm³/mol. The molecule has 2 aromatic rings. The highest BCUT2D eigenvalue weighted by Gasteiger charge is 2.32. The van der Waals surface area contributed by atoms with Gasteiger partial charge in [0.25, 0.3) is 5.69 Å². The van der Waals surface area contributed by atoms with Crippen LogP contribution in [0.5, 0.6) is 11.5 Å². The van der Waals surface area contributed by atoms with Gasteiger partial charge in [0.2, 0.25) is 0 Å². The Morgan fingerprint density at radius 3 is 1.97 bits per heavy atom. The lowest BCUT2D eigenvalue weighted by molar-refractivity contribution is -0.384. The summed E-state index contributed by atoms with van der Waals surface area (Å²) in [6.07, 6.45) is -4.61. The van der Waals surface area contributed by atoms with Gasteiger partial charge in [-0.15, -0.1) is 9.79 Å². The van der Waals surface area contributed by atoms with Gasteiger partial charge in [-0.05, 0) is 39.0 Å². The Balaban J connectivity index is 0.00000110. The maximum Gasteiger partial charge on any atom is 0.692 e. The van der Waals surface area contributed by atoms with Crippen molar-refractivity contribution in [2.75, 3.05) is 5.32 Å². The third-order valence-corrected chi connectivity index (χ3v) is 3.78. The van der Waals surface area contributed by atoms with Crippen LogP contribution in [0.1, 0.15) is 26.3 Å². The molecule has 2 aromatic carbocycles. The average Bonchev–Trinajstić information content (AvgIpc) is 2.55. The zero-order chi connectivity index (χ0) is 24.1. The summed E-state index contributed by atoms with van der Waals surface area (Å²) in [5.41, 5.74) is -1.48. The molecule has 31 heavy (non-hydrogen) atoms. The first-order chi connectivity index (χ1) is 14.0. The molecular weight excluding hydrogens is 487 g/mol. The second-order valence-electron chi connectivity index (χ2n) is 6.93. The van der Waals surface area contributed by atoms with E-state index in [1.54, 1.807) is 0 Å². The lowest BCUT2D eigenvalue weighted by Gasteiger charge is -2.22. The van der Waals surface area contributed by atoms with Crippen molar-refractivity contribution in [2.45, 2.75) is 32.5 Å². The van der Waals surface area contributed by atoms with Crippen molar-refractivity contribution in [2.24, 2.45) is 0 Å². The van der Waals surface area contributed by atoms with Crippen LogP contribution in [0, 0.1) is 10.1 Å². The maximum atomic E-state index is 12.8. The molecule has 0 unspecified atom stereocenters. The number of hydrogen-bond donors (Lipinski definition) is 3. The van der Waals surface area contributed by atoms with E-state index in [0.717, 1.165) is 0 Å². The number of hydrogen-bond acceptors (Lipinski definition) is 5. The average molecular weight is 504 g/mol. The normalized spacial score (nSPS) is 11.3. The summed E-state index contributed by atoms with van der Waals surface area (Å²) in [7, 11) is -2.87. The number of alkyl halides is 3. The molecule has 3 N–H and O–H groups in total. The molecule has 0 saturated heterocycles. The highest BCUT2D eigenvalue weighted by Crippen LogP contribution is 2.42. The fraction of sp³-hybridized carbons (Fsp3) is 0.294. The Morgan fingerprint density at radius 1 is 1.10 bits per heavy atom. The van der Waals surface area contributed by atoms with Gasteiger partial charge in [-0.1, -0.05) is 23.2 Å². The molecule has 0 fully saturated rings. The number of halogens is 5. The molecule has 0 radical (unpaired) electrons. The smallest absolute Gasteiger partial charge is 0.454 e. The molecule has 0 aliphatic heterocycles. The summed E-state index contributed by atoms with van der Waals surface area (Å²) < 4.78 is 52.6. The zero-order valence-corrected chi connectivity index (χ0v) is 18.6. The molecule has 0 heterocycles. The Labute approximate surface area is 185 Å². The minimum absolute atomic E-state index is 0.121. The molecule has 0 atom stereocenters. The van der Waals surface area contributed by atoms with Gasteiger partial charge >= 0.3 is 14.4 Å². The standard InChI is InChI=1S/C17H15Cl2F3N2O3.HO3P/c1-16(2,3)23-13-8-10(4-5-14(13)24(25)26)27-15-11(18)6-9(7-12(15)19)17(20,21)22;1-4(2)3/h4-8,23H,1-3H3;(H-,1,2,3)/p+1. The molecule has 170 valence electrons. The van der Waals surface area contributed by atoms with Gasteiger partial charge in [0.1, 0.15) is 11.4 Å². The summed E-state index contributed by atoms with van der Waals surface area (Å²) in [5.74, 6) is -0.0576. The molecule has 0 spiro atoms. The zero-order valence-electron chi connectivity index (χ0n) is 16.2. The summed E-state index contributed by atoms with van der Waals surface area (Å²) in [6.45, 7) is 5.44. The minimum atomic E-state index is -4.61. The van der Waals surface area contributed by atoms with E-state index in [1.807, 2.05) is 20.8 Å². The molecule has 0 saturated carbocycles. The van der Waals surface area contributed by atoms with Crippen LogP contribution in [-0.4, -0.2) is 20.2 Å². The van der Waals surface area contributed by atoms with Gasteiger partial charge in [-0.3, -0.25) is 10.1 Å². The summed E-state index contributed by atoms with van der Waals surface area (Å²) >= 11 is 11.8. The van der Waals surface area contributed by atoms with Gasteiger partial charge in [-0.2, -0.15) is 13.2 Å². The second-order valence-corrected chi connectivity index (χ2v) is 8.25.